The lowest BCUT2D eigenvalue weighted by molar-refractivity contribution is -0.117. The Balaban J connectivity index is 1.99. The average molecular weight is 385 g/mol. The molecule has 2 heterocycles. The molecule has 2 rings (SSSR count). The number of carbonyl (C=O) groups excluding carboxylic acids is 2. The maximum atomic E-state index is 12.1. The summed E-state index contributed by atoms with van der Waals surface area (Å²) in [6.45, 7) is 1.14. The molecule has 118 valence electrons. The number of rotatable bonds is 7. The van der Waals surface area contributed by atoms with Gasteiger partial charge in [0, 0.05) is 42.5 Å². The van der Waals surface area contributed by atoms with E-state index >= 15 is 0 Å². The van der Waals surface area contributed by atoms with Gasteiger partial charge in [-0.1, -0.05) is 22.0 Å². The van der Waals surface area contributed by atoms with Crippen molar-refractivity contribution in [1.82, 2.24) is 10.2 Å². The summed E-state index contributed by atoms with van der Waals surface area (Å²) in [7, 11) is 1.59. The zero-order valence-corrected chi connectivity index (χ0v) is 14.6. The molecule has 0 fully saturated rings. The van der Waals surface area contributed by atoms with Crippen LogP contribution in [0.4, 0.5) is 0 Å². The fourth-order valence-electron chi connectivity index (χ4n) is 1.98. The number of thiophene rings is 1. The number of ether oxygens (including phenoxy) is 1. The molecule has 0 bridgehead atoms. The van der Waals surface area contributed by atoms with Crippen molar-refractivity contribution in [2.75, 3.05) is 26.8 Å². The highest BCUT2D eigenvalue weighted by atomic mass is 79.9. The van der Waals surface area contributed by atoms with Crippen LogP contribution in [0.3, 0.4) is 0 Å². The molecule has 0 atom stereocenters. The van der Waals surface area contributed by atoms with Gasteiger partial charge < -0.3 is 15.0 Å². The minimum absolute atomic E-state index is 0.0313. The van der Waals surface area contributed by atoms with Crippen molar-refractivity contribution in [3.05, 3.63) is 44.8 Å². The summed E-state index contributed by atoms with van der Waals surface area (Å²) in [6.07, 6.45) is 4.07. The molecular weight excluding hydrogens is 368 g/mol. The fourth-order valence-corrected chi connectivity index (χ4v) is 3.20. The SMILES string of the molecule is COCCNC(=O)C1=CN(CC(=O)c2cccs2)C=C(Br)C1. The van der Waals surface area contributed by atoms with Crippen molar-refractivity contribution in [3.63, 3.8) is 0 Å². The van der Waals surface area contributed by atoms with E-state index in [0.717, 1.165) is 9.36 Å². The topological polar surface area (TPSA) is 58.6 Å². The van der Waals surface area contributed by atoms with E-state index in [4.69, 9.17) is 4.74 Å². The lowest BCUT2D eigenvalue weighted by Gasteiger charge is -2.22. The number of nitrogens with one attached hydrogen (secondary N) is 1. The Labute approximate surface area is 141 Å². The summed E-state index contributed by atoms with van der Waals surface area (Å²) < 4.78 is 5.77. The average Bonchev–Trinajstić information content (AvgIpc) is 3.01. The maximum Gasteiger partial charge on any atom is 0.249 e. The van der Waals surface area contributed by atoms with Crippen LogP contribution in [-0.4, -0.2) is 43.4 Å². The van der Waals surface area contributed by atoms with Crippen molar-refractivity contribution in [2.24, 2.45) is 0 Å². The van der Waals surface area contributed by atoms with Gasteiger partial charge in [-0.05, 0) is 11.4 Å². The molecule has 1 aliphatic heterocycles. The second-order valence-electron chi connectivity index (χ2n) is 4.73. The molecule has 1 amide bonds. The van der Waals surface area contributed by atoms with Crippen LogP contribution in [0, 0.1) is 0 Å². The second kappa shape index (κ2) is 8.26. The van der Waals surface area contributed by atoms with Crippen LogP contribution in [0.25, 0.3) is 0 Å². The molecule has 7 heteroatoms. The molecule has 0 saturated heterocycles. The van der Waals surface area contributed by atoms with E-state index < -0.39 is 0 Å². The minimum atomic E-state index is -0.143. The van der Waals surface area contributed by atoms with Gasteiger partial charge in [0.2, 0.25) is 5.91 Å². The van der Waals surface area contributed by atoms with Crippen molar-refractivity contribution in [1.29, 1.82) is 0 Å². The van der Waals surface area contributed by atoms with Crippen LogP contribution in [-0.2, 0) is 9.53 Å². The highest BCUT2D eigenvalue weighted by Gasteiger charge is 2.19. The van der Waals surface area contributed by atoms with Gasteiger partial charge in [0.05, 0.1) is 18.0 Å². The van der Waals surface area contributed by atoms with Crippen LogP contribution in [0.15, 0.2) is 40.0 Å². The van der Waals surface area contributed by atoms with Crippen molar-refractivity contribution >= 4 is 39.0 Å². The highest BCUT2D eigenvalue weighted by molar-refractivity contribution is 9.11. The van der Waals surface area contributed by atoms with Crippen LogP contribution < -0.4 is 5.32 Å². The number of hydrogen-bond donors (Lipinski definition) is 1. The largest absolute Gasteiger partial charge is 0.383 e. The Morgan fingerprint density at radius 3 is 2.95 bits per heavy atom. The van der Waals surface area contributed by atoms with Gasteiger partial charge in [-0.15, -0.1) is 11.3 Å². The molecule has 1 aromatic rings. The Morgan fingerprint density at radius 1 is 1.45 bits per heavy atom. The predicted octanol–water partition coefficient (Wildman–Crippen LogP) is 2.52. The van der Waals surface area contributed by atoms with Gasteiger partial charge in [-0.3, -0.25) is 9.59 Å². The first-order valence-electron chi connectivity index (χ1n) is 6.76. The standard InChI is InChI=1S/C15H17BrN2O3S/c1-21-5-4-17-15(20)11-7-12(16)9-18(8-11)10-13(19)14-3-2-6-22-14/h2-3,6,8-9H,4-5,7,10H2,1H3,(H,17,20). The molecule has 0 aliphatic carbocycles. The third-order valence-corrected chi connectivity index (χ3v) is 4.39. The molecule has 1 aromatic heterocycles. The highest BCUT2D eigenvalue weighted by Crippen LogP contribution is 2.24. The number of allylic oxidation sites excluding steroid dienone is 1. The number of methoxy groups -OCH3 is 1. The van der Waals surface area contributed by atoms with E-state index in [0.29, 0.717) is 25.1 Å². The Morgan fingerprint density at radius 2 is 2.27 bits per heavy atom. The number of amides is 1. The van der Waals surface area contributed by atoms with Crippen molar-refractivity contribution in [2.45, 2.75) is 6.42 Å². The summed E-state index contributed by atoms with van der Waals surface area (Å²) in [5.41, 5.74) is 0.615. The monoisotopic (exact) mass is 384 g/mol. The van der Waals surface area contributed by atoms with E-state index in [1.165, 1.54) is 11.3 Å². The third-order valence-electron chi connectivity index (χ3n) is 2.99. The summed E-state index contributed by atoms with van der Waals surface area (Å²) >= 11 is 4.84. The molecule has 0 saturated carbocycles. The number of carbonyl (C=O) groups is 2. The number of nitrogens with zero attached hydrogens (tertiary/aromatic N) is 1. The van der Waals surface area contributed by atoms with E-state index in [-0.39, 0.29) is 18.2 Å². The number of hydrogen-bond acceptors (Lipinski definition) is 5. The lowest BCUT2D eigenvalue weighted by Crippen LogP contribution is -2.31. The number of ketones is 1. The van der Waals surface area contributed by atoms with E-state index in [2.05, 4.69) is 21.2 Å². The fraction of sp³-hybridized carbons (Fsp3) is 0.333. The van der Waals surface area contributed by atoms with E-state index in [1.807, 2.05) is 17.6 Å². The smallest absolute Gasteiger partial charge is 0.249 e. The van der Waals surface area contributed by atoms with Crippen LogP contribution in [0.2, 0.25) is 0 Å². The molecule has 22 heavy (non-hydrogen) atoms. The Hall–Kier alpha value is -1.44. The first-order chi connectivity index (χ1) is 10.6. The third kappa shape index (κ3) is 4.79. The normalized spacial score (nSPS) is 14.4. The maximum absolute atomic E-state index is 12.1. The van der Waals surface area contributed by atoms with Gasteiger partial charge in [0.15, 0.2) is 5.78 Å². The van der Waals surface area contributed by atoms with Crippen molar-refractivity contribution in [3.8, 4) is 0 Å². The number of Topliss-reactive ketones (excluding diaryl/α,β-unsaturated/α-hetero) is 1. The molecule has 1 N–H and O–H groups in total. The predicted molar refractivity (Wildman–Crippen MR) is 90.0 cm³/mol. The summed E-state index contributed by atoms with van der Waals surface area (Å²) in [5, 5.41) is 4.66. The Kier molecular flexibility index (Phi) is 6.35. The first-order valence-corrected chi connectivity index (χ1v) is 8.44. The summed E-state index contributed by atoms with van der Waals surface area (Å²) in [5.74, 6) is -0.112. The van der Waals surface area contributed by atoms with Gasteiger partial charge in [-0.25, -0.2) is 0 Å². The van der Waals surface area contributed by atoms with E-state index in [1.54, 1.807) is 24.3 Å². The van der Waals surface area contributed by atoms with Crippen molar-refractivity contribution < 1.29 is 14.3 Å². The minimum Gasteiger partial charge on any atom is -0.383 e. The summed E-state index contributed by atoms with van der Waals surface area (Å²) in [4.78, 5) is 26.7. The van der Waals surface area contributed by atoms with Crippen LogP contribution in [0.5, 0.6) is 0 Å². The van der Waals surface area contributed by atoms with Crippen LogP contribution in [0.1, 0.15) is 16.1 Å². The van der Waals surface area contributed by atoms with Gasteiger partial charge in [0.25, 0.3) is 0 Å². The van der Waals surface area contributed by atoms with Gasteiger partial charge in [0.1, 0.15) is 0 Å². The molecule has 5 nitrogen and oxygen atoms in total. The molecule has 0 radical (unpaired) electrons. The molecule has 1 aliphatic rings. The quantitative estimate of drug-likeness (QED) is 0.579. The van der Waals surface area contributed by atoms with Crippen LogP contribution >= 0.6 is 27.3 Å². The molecule has 0 aromatic carbocycles. The summed E-state index contributed by atoms with van der Waals surface area (Å²) in [6, 6.07) is 3.65. The Bertz CT molecular complexity index is 596. The molecule has 0 spiro atoms. The molecular formula is C15H17BrN2O3S. The van der Waals surface area contributed by atoms with Gasteiger partial charge in [-0.2, -0.15) is 0 Å². The van der Waals surface area contributed by atoms with Gasteiger partial charge >= 0.3 is 0 Å². The lowest BCUT2D eigenvalue weighted by atomic mass is 10.1. The zero-order valence-electron chi connectivity index (χ0n) is 12.2. The second-order valence-corrected chi connectivity index (χ2v) is 6.69. The van der Waals surface area contributed by atoms with E-state index in [9.17, 15) is 9.59 Å². The first kappa shape index (κ1) is 16.9. The molecule has 0 unspecified atom stereocenters. The number of halogens is 1. The zero-order chi connectivity index (χ0) is 15.9.